The van der Waals surface area contributed by atoms with Crippen LogP contribution in [0.2, 0.25) is 0 Å². The van der Waals surface area contributed by atoms with Gasteiger partial charge in [0.15, 0.2) is 0 Å². The number of carbonyl (C=O) groups is 1. The zero-order valence-electron chi connectivity index (χ0n) is 15.5. The summed E-state index contributed by atoms with van der Waals surface area (Å²) in [5.41, 5.74) is 4.80. The van der Waals surface area contributed by atoms with Crippen LogP contribution in [-0.4, -0.2) is 59.6 Å². The third kappa shape index (κ3) is 2.65. The number of carbonyl (C=O) groups excluding carboxylic acids is 1. The number of hydrogen-bond donors (Lipinski definition) is 1. The monoisotopic (exact) mass is 355 g/mol. The zero-order valence-corrected chi connectivity index (χ0v) is 15.5. The van der Waals surface area contributed by atoms with Crippen LogP contribution in [0.15, 0.2) is 30.5 Å². The predicted octanol–water partition coefficient (Wildman–Crippen LogP) is 3.25. The van der Waals surface area contributed by atoms with Crippen molar-refractivity contribution in [3.05, 3.63) is 41.6 Å². The highest BCUT2D eigenvalue weighted by molar-refractivity contribution is 5.99. The van der Waals surface area contributed by atoms with Crippen LogP contribution in [-0.2, 0) is 11.2 Å². The van der Waals surface area contributed by atoms with Gasteiger partial charge in [0.1, 0.15) is 6.67 Å². The molecule has 2 unspecified atom stereocenters. The van der Waals surface area contributed by atoms with Gasteiger partial charge in [-0.15, -0.1) is 0 Å². The van der Waals surface area contributed by atoms with Gasteiger partial charge in [-0.1, -0.05) is 18.2 Å². The fraction of sp³-hybridized carbons (Fsp3) is 0.476. The number of benzene rings is 1. The number of aromatic amines is 1. The van der Waals surface area contributed by atoms with Gasteiger partial charge >= 0.3 is 0 Å². The molecule has 0 spiro atoms. The number of aromatic nitrogens is 1. The van der Waals surface area contributed by atoms with E-state index in [0.717, 1.165) is 11.9 Å². The lowest BCUT2D eigenvalue weighted by atomic mass is 9.79. The summed E-state index contributed by atoms with van der Waals surface area (Å²) in [5, 5.41) is 1.26. The Hall–Kier alpha value is -2.14. The van der Waals surface area contributed by atoms with E-state index in [9.17, 15) is 9.18 Å². The van der Waals surface area contributed by atoms with Crippen LogP contribution in [0.5, 0.6) is 0 Å². The van der Waals surface area contributed by atoms with Gasteiger partial charge in [0.25, 0.3) is 0 Å². The second-order valence-electron chi connectivity index (χ2n) is 7.18. The molecule has 0 bridgehead atoms. The molecule has 0 saturated carbocycles. The van der Waals surface area contributed by atoms with Crippen LogP contribution < -0.4 is 0 Å². The largest absolute Gasteiger partial charge is 0.361 e. The van der Waals surface area contributed by atoms with Crippen molar-refractivity contribution < 1.29 is 9.18 Å². The van der Waals surface area contributed by atoms with E-state index >= 15 is 0 Å². The molecule has 0 fully saturated rings. The highest BCUT2D eigenvalue weighted by Gasteiger charge is 2.37. The maximum atomic E-state index is 13.3. The number of H-pyrrole nitrogens is 1. The quantitative estimate of drug-likeness (QED) is 0.894. The molecule has 1 aliphatic heterocycles. The van der Waals surface area contributed by atoms with E-state index in [1.54, 1.807) is 0 Å². The summed E-state index contributed by atoms with van der Waals surface area (Å²) in [6.45, 7) is 6.01. The van der Waals surface area contributed by atoms with E-state index in [4.69, 9.17) is 0 Å². The van der Waals surface area contributed by atoms with Crippen molar-refractivity contribution in [2.45, 2.75) is 26.3 Å². The molecule has 1 aromatic carbocycles. The number of alkyl halides is 1. The molecule has 5 heteroatoms. The summed E-state index contributed by atoms with van der Waals surface area (Å²) in [6.07, 6.45) is 5.10. The van der Waals surface area contributed by atoms with Crippen LogP contribution in [0.1, 0.15) is 25.0 Å². The third-order valence-electron chi connectivity index (χ3n) is 5.89. The fourth-order valence-corrected chi connectivity index (χ4v) is 4.61. The van der Waals surface area contributed by atoms with Crippen molar-refractivity contribution >= 4 is 22.4 Å². The topological polar surface area (TPSA) is 39.3 Å². The van der Waals surface area contributed by atoms with Gasteiger partial charge in [-0.2, -0.15) is 0 Å². The average Bonchev–Trinajstić information content (AvgIpc) is 3.08. The molecule has 0 radical (unpaired) electrons. The minimum Gasteiger partial charge on any atom is -0.361 e. The molecule has 2 aliphatic rings. The van der Waals surface area contributed by atoms with Gasteiger partial charge < -0.3 is 9.88 Å². The first-order valence-electron chi connectivity index (χ1n) is 9.57. The van der Waals surface area contributed by atoms with E-state index in [1.807, 2.05) is 18.7 Å². The molecule has 4 nitrogen and oxygen atoms in total. The average molecular weight is 355 g/mol. The fourth-order valence-electron chi connectivity index (χ4n) is 4.61. The van der Waals surface area contributed by atoms with Crippen LogP contribution in [0.4, 0.5) is 4.39 Å². The lowest BCUT2D eigenvalue weighted by Crippen LogP contribution is -2.49. The molecule has 138 valence electrons. The summed E-state index contributed by atoms with van der Waals surface area (Å²) in [4.78, 5) is 20.4. The lowest BCUT2D eigenvalue weighted by molar-refractivity contribution is -0.134. The van der Waals surface area contributed by atoms with E-state index < -0.39 is 0 Å². The Labute approximate surface area is 153 Å². The van der Waals surface area contributed by atoms with E-state index in [0.29, 0.717) is 26.2 Å². The van der Waals surface area contributed by atoms with Crippen LogP contribution in [0.25, 0.3) is 16.5 Å². The first-order chi connectivity index (χ1) is 12.7. The lowest BCUT2D eigenvalue weighted by Gasteiger charge is -2.42. The molecule has 2 atom stereocenters. The third-order valence-corrected chi connectivity index (χ3v) is 5.89. The zero-order chi connectivity index (χ0) is 18.3. The van der Waals surface area contributed by atoms with Gasteiger partial charge in [0, 0.05) is 49.3 Å². The maximum absolute atomic E-state index is 13.3. The van der Waals surface area contributed by atoms with Crippen molar-refractivity contribution in [3.63, 3.8) is 0 Å². The first kappa shape index (κ1) is 17.3. The molecule has 2 heterocycles. The first-order valence-corrected chi connectivity index (χ1v) is 9.57. The number of nitrogens with zero attached hydrogens (tertiary/aromatic N) is 2. The maximum Gasteiger partial charge on any atom is 0.230 e. The van der Waals surface area contributed by atoms with Crippen molar-refractivity contribution in [2.75, 3.05) is 32.9 Å². The summed E-state index contributed by atoms with van der Waals surface area (Å²) in [6, 6.07) is 6.43. The van der Waals surface area contributed by atoms with Gasteiger partial charge in [0.2, 0.25) is 5.91 Å². The standard InChI is InChI=1S/C21H26FN3O/c1-3-24(4-2)21(26)15-10-17-16-6-5-7-18-20(16)14(12-23-18)11-19(17)25(13-15)9-8-22/h5-7,10,12,15,19,23H,3-4,8-9,11,13H2,1-2H3. The molecular formula is C21H26FN3O. The van der Waals surface area contributed by atoms with Crippen LogP contribution in [0.3, 0.4) is 0 Å². The Kier molecular flexibility index (Phi) is 4.57. The summed E-state index contributed by atoms with van der Waals surface area (Å²) >= 11 is 0. The van der Waals surface area contributed by atoms with Crippen LogP contribution >= 0.6 is 0 Å². The Morgan fingerprint density at radius 3 is 2.88 bits per heavy atom. The van der Waals surface area contributed by atoms with Crippen LogP contribution in [0, 0.1) is 5.92 Å². The molecule has 1 aliphatic carbocycles. The second-order valence-corrected chi connectivity index (χ2v) is 7.18. The Morgan fingerprint density at radius 2 is 2.15 bits per heavy atom. The molecule has 2 aromatic rings. The number of halogens is 1. The predicted molar refractivity (Wildman–Crippen MR) is 103 cm³/mol. The smallest absolute Gasteiger partial charge is 0.230 e. The summed E-state index contributed by atoms with van der Waals surface area (Å²) in [5.74, 6) is -0.0553. The van der Waals surface area contributed by atoms with E-state index in [2.05, 4.69) is 40.4 Å². The summed E-state index contributed by atoms with van der Waals surface area (Å²) < 4.78 is 13.3. The van der Waals surface area contributed by atoms with Gasteiger partial charge in [0.05, 0.1) is 5.92 Å². The SMILES string of the molecule is CCN(CC)C(=O)C1C=C2c3cccc4[nH]cc(c34)CC2N(CCF)C1. The number of fused-ring (bicyclic) bond motifs is 2. The molecular weight excluding hydrogens is 329 g/mol. The minimum atomic E-state index is -0.389. The molecule has 4 rings (SSSR count). The molecule has 0 saturated heterocycles. The number of amides is 1. The summed E-state index contributed by atoms with van der Waals surface area (Å²) in [7, 11) is 0. The minimum absolute atomic E-state index is 0.150. The highest BCUT2D eigenvalue weighted by atomic mass is 19.1. The molecule has 1 aromatic heterocycles. The Balaban J connectivity index is 1.80. The highest BCUT2D eigenvalue weighted by Crippen LogP contribution is 2.41. The van der Waals surface area contributed by atoms with Crippen molar-refractivity contribution in [3.8, 4) is 0 Å². The van der Waals surface area contributed by atoms with Crippen molar-refractivity contribution in [2.24, 2.45) is 5.92 Å². The van der Waals surface area contributed by atoms with Crippen molar-refractivity contribution in [1.82, 2.24) is 14.8 Å². The number of rotatable bonds is 5. The number of hydrogen-bond acceptors (Lipinski definition) is 2. The second kappa shape index (κ2) is 6.88. The molecule has 1 amide bonds. The number of nitrogens with one attached hydrogen (secondary N) is 1. The van der Waals surface area contributed by atoms with Gasteiger partial charge in [-0.25, -0.2) is 4.39 Å². The van der Waals surface area contributed by atoms with Crippen molar-refractivity contribution in [1.29, 1.82) is 0 Å². The van der Waals surface area contributed by atoms with E-state index in [1.165, 1.54) is 22.1 Å². The van der Waals surface area contributed by atoms with Gasteiger partial charge in [-0.05, 0) is 43.0 Å². The van der Waals surface area contributed by atoms with Gasteiger partial charge in [-0.3, -0.25) is 9.69 Å². The Morgan fingerprint density at radius 1 is 1.35 bits per heavy atom. The Bertz CT molecular complexity index is 852. The molecule has 26 heavy (non-hydrogen) atoms. The normalized spacial score (nSPS) is 22.2. The van der Waals surface area contributed by atoms with E-state index in [-0.39, 0.29) is 24.5 Å². The molecule has 1 N–H and O–H groups in total.